The highest BCUT2D eigenvalue weighted by molar-refractivity contribution is 7.99. The van der Waals surface area contributed by atoms with Crippen LogP contribution in [0.15, 0.2) is 164 Å². The highest BCUT2D eigenvalue weighted by Gasteiger charge is 2.38. The number of aromatic nitrogens is 14. The van der Waals surface area contributed by atoms with Gasteiger partial charge < -0.3 is 46.0 Å². The van der Waals surface area contributed by atoms with Crippen LogP contribution in [-0.4, -0.2) is 195 Å². The summed E-state index contributed by atoms with van der Waals surface area (Å²) < 4.78 is 56.4. The van der Waals surface area contributed by atoms with Gasteiger partial charge in [-0.3, -0.25) is 44.7 Å². The number of ether oxygens (including phenoxy) is 1. The van der Waals surface area contributed by atoms with Gasteiger partial charge in [-0.05, 0) is 167 Å². The molecular weight excluding hydrogens is 1430 g/mol. The molecule has 5 aliphatic heterocycles. The van der Waals surface area contributed by atoms with E-state index in [2.05, 4.69) is 120 Å². The Morgan fingerprint density at radius 2 is 1.03 bits per heavy atom. The van der Waals surface area contributed by atoms with Crippen molar-refractivity contribution < 1.29 is 41.9 Å². The first-order chi connectivity index (χ1) is 51.7. The number of amides is 2. The average Bonchev–Trinajstić information content (AvgIpc) is 0.990. The number of hydrogen-bond donors (Lipinski definition) is 8. The van der Waals surface area contributed by atoms with E-state index in [1.807, 2.05) is 120 Å². The lowest BCUT2D eigenvalue weighted by atomic mass is 10.1. The topological polar surface area (TPSA) is 309 Å². The van der Waals surface area contributed by atoms with Crippen LogP contribution in [0.1, 0.15) is 68.1 Å². The molecule has 5 saturated heterocycles. The zero-order valence-electron chi connectivity index (χ0n) is 59.2. The summed E-state index contributed by atoms with van der Waals surface area (Å²) in [6.45, 7) is 19.8. The number of nitrogens with zero attached hydrogens (tertiary/aromatic N) is 16. The van der Waals surface area contributed by atoms with E-state index in [0.717, 1.165) is 143 Å². The number of nitrogens with one attached hydrogen (secondary N) is 8. The highest BCUT2D eigenvalue weighted by atomic mass is 32.2. The van der Waals surface area contributed by atoms with E-state index in [9.17, 15) is 27.2 Å². The summed E-state index contributed by atoms with van der Waals surface area (Å²) in [5.41, 5.74) is 7.07. The molecule has 34 heteroatoms. The molecule has 16 rings (SSSR count). The first kappa shape index (κ1) is 73.4. The number of halogens is 4. The van der Waals surface area contributed by atoms with E-state index < -0.39 is 24.7 Å². The number of hydrogen-bond acceptors (Lipinski definition) is 25. The number of anilines is 11. The van der Waals surface area contributed by atoms with Gasteiger partial charge in [-0.2, -0.15) is 28.5 Å². The summed E-state index contributed by atoms with van der Waals surface area (Å²) >= 11 is 4.31. The number of carbonyl (C=O) groups is 2. The normalized spacial score (nSPS) is 16.2. The van der Waals surface area contributed by atoms with Gasteiger partial charge in [0, 0.05) is 184 Å². The maximum Gasteiger partial charge on any atom is 0.397 e. The predicted molar refractivity (Wildman–Crippen MR) is 421 cm³/mol. The molecule has 107 heavy (non-hydrogen) atoms. The molecule has 3 aromatic carbocycles. The molecule has 27 nitrogen and oxygen atoms in total. The Morgan fingerprint density at radius 3 is 1.50 bits per heavy atom. The van der Waals surface area contributed by atoms with Crippen molar-refractivity contribution in [3.8, 4) is 0 Å². The molecule has 0 radical (unpaired) electrons. The van der Waals surface area contributed by atoms with E-state index in [4.69, 9.17) is 24.7 Å². The maximum absolute atomic E-state index is 13.7. The van der Waals surface area contributed by atoms with Crippen LogP contribution in [0, 0.1) is 34.6 Å². The largest absolute Gasteiger partial charge is 0.397 e. The van der Waals surface area contributed by atoms with E-state index >= 15 is 0 Å². The standard InChI is InChI=1S/C25H27FN8S.C24H27F3N8O2S.C24H24N8OS.7H2/c1-15-3-4-17-10-20(5-6-21(17)27-15)35-25-29-22(28-23-9-16(2)31-32-23)11-24(30-25)34-13-19(14-34)33-8-7-18(26)12-33;1-15-10-20(33-32-15)29-19-11-21(35-13-17(14-35)34-6-8-37-9-7-34)31-23(30-19)38-18-4-2-16(3-5-18)28-22(36)12-24(25,26)27;1-15-5-3-10-25-22(15)23(33)26-17-6-8-18(9-7-17)34-24-28-19(27-20-13-16(2)30-31-20)14-21(29-24)32-11-4-12-32;;;;;;;/h3-6,9-11,18-19H,7-8,12-14H2,1-2H3,(H2,28,29,30,31,32);2-5,10-11,17H,6-9,12-14H2,1H3,(H,28,36)(H2,29,30,31,32,33);3,5-10,13-14H,4,11-12H2,1-2H3,(H,26,33)(H2,27,28,29,30,31);7*1H/t18-;;;;;;;;;/m1........./s1. The number of pyridine rings is 2. The Balaban J connectivity index is 0.000000230. The molecule has 1 atom stereocenters. The molecular formula is C73H92F4N24O3S3. The van der Waals surface area contributed by atoms with Gasteiger partial charge in [-0.25, -0.2) is 34.3 Å². The van der Waals surface area contributed by atoms with Crippen LogP contribution < -0.4 is 41.3 Å². The van der Waals surface area contributed by atoms with Crippen LogP contribution in [0.25, 0.3) is 10.9 Å². The van der Waals surface area contributed by atoms with Crippen LogP contribution in [0.3, 0.4) is 0 Å². The average molecular weight is 1530 g/mol. The van der Waals surface area contributed by atoms with Gasteiger partial charge in [-0.1, -0.05) is 12.1 Å². The monoisotopic (exact) mass is 1520 g/mol. The van der Waals surface area contributed by atoms with Crippen LogP contribution in [0.4, 0.5) is 81.3 Å². The number of alkyl halides is 4. The molecule has 13 heterocycles. The second kappa shape index (κ2) is 33.1. The number of benzene rings is 3. The SMILES string of the molecule is Cc1cc(Nc2cc(N3CC(N4CCOCC4)C3)nc(Sc3ccc(NC(=O)CC(F)(F)F)cc3)n2)n[nH]1.Cc1cc(Nc2cc(N3CCC3)nc(Sc3ccc(NC(=O)c4ncccc4C)cc3)n2)n[nH]1.Cc1ccc2cc(Sc3nc(Nc4cc(C)[nH]n4)cc(N4CC(N5CC[C@@H](F)C5)C4)n3)ccc2n1.[HH].[HH].[HH].[HH].[HH].[HH].[HH]. The van der Waals surface area contributed by atoms with Gasteiger partial charge >= 0.3 is 6.18 Å². The lowest BCUT2D eigenvalue weighted by Crippen LogP contribution is -2.61. The fourth-order valence-electron chi connectivity index (χ4n) is 12.3. The molecule has 11 aromatic rings. The van der Waals surface area contributed by atoms with Gasteiger partial charge in [0.1, 0.15) is 53.2 Å². The van der Waals surface area contributed by atoms with Crippen molar-refractivity contribution in [2.45, 2.75) is 108 Å². The van der Waals surface area contributed by atoms with Crippen molar-refractivity contribution in [1.82, 2.24) is 80.3 Å². The summed E-state index contributed by atoms with van der Waals surface area (Å²) in [6, 6.07) is 40.5. The van der Waals surface area contributed by atoms with Crippen molar-refractivity contribution in [1.29, 1.82) is 0 Å². The summed E-state index contributed by atoms with van der Waals surface area (Å²) in [5.74, 6) is 5.25. The second-order valence-corrected chi connectivity index (χ2v) is 29.6. The molecule has 5 fully saturated rings. The molecule has 5 aliphatic rings. The smallest absolute Gasteiger partial charge is 0.379 e. The molecule has 0 bridgehead atoms. The minimum absolute atomic E-state index is 0. The summed E-state index contributed by atoms with van der Waals surface area (Å²) in [6.07, 6.45) is -3.35. The Bertz CT molecular complexity index is 4950. The summed E-state index contributed by atoms with van der Waals surface area (Å²) in [4.78, 5) is 75.4. The lowest BCUT2D eigenvalue weighted by molar-refractivity contribution is -0.150. The van der Waals surface area contributed by atoms with Gasteiger partial charge in [0.05, 0.1) is 18.7 Å². The van der Waals surface area contributed by atoms with E-state index in [-0.39, 0.29) is 21.6 Å². The number of aryl methyl sites for hydroxylation is 5. The number of morpholine rings is 1. The minimum atomic E-state index is -4.55. The molecule has 2 amide bonds. The zero-order valence-corrected chi connectivity index (χ0v) is 61.6. The number of fused-ring (bicyclic) bond motifs is 1. The fraction of sp³-hybridized carbons (Fsp3) is 0.329. The summed E-state index contributed by atoms with van der Waals surface area (Å²) in [7, 11) is 0. The van der Waals surface area contributed by atoms with Crippen molar-refractivity contribution in [2.75, 3.05) is 120 Å². The van der Waals surface area contributed by atoms with Gasteiger partial charge in [-0.15, -0.1) is 0 Å². The summed E-state index contributed by atoms with van der Waals surface area (Å²) in [5, 5.41) is 39.3. The molecule has 568 valence electrons. The molecule has 8 aromatic heterocycles. The second-order valence-electron chi connectivity index (χ2n) is 26.5. The Hall–Kier alpha value is -10.5. The maximum atomic E-state index is 13.7. The van der Waals surface area contributed by atoms with Crippen LogP contribution in [0.2, 0.25) is 0 Å². The van der Waals surface area contributed by atoms with Crippen molar-refractivity contribution >= 4 is 122 Å². The fourth-order valence-corrected chi connectivity index (χ4v) is 14.6. The Kier molecular flexibility index (Phi) is 22.7. The zero-order chi connectivity index (χ0) is 74.1. The third-order valence-corrected chi connectivity index (χ3v) is 20.6. The Labute approximate surface area is 636 Å². The molecule has 0 unspecified atom stereocenters. The first-order valence-corrected chi connectivity index (χ1v) is 37.4. The van der Waals surface area contributed by atoms with Crippen molar-refractivity contribution in [2.24, 2.45) is 0 Å². The Morgan fingerprint density at radius 1 is 0.533 bits per heavy atom. The third kappa shape index (κ3) is 19.8. The first-order valence-electron chi connectivity index (χ1n) is 34.9. The number of H-pyrrole nitrogens is 3. The van der Waals surface area contributed by atoms with Crippen molar-refractivity contribution in [3.05, 3.63) is 168 Å². The molecule has 0 spiro atoms. The van der Waals surface area contributed by atoms with Crippen LogP contribution in [-0.2, 0) is 9.53 Å². The predicted octanol–water partition coefficient (Wildman–Crippen LogP) is 14.6. The number of carbonyl (C=O) groups excluding carboxylic acids is 2. The van der Waals surface area contributed by atoms with E-state index in [0.29, 0.717) is 86.8 Å². The molecule has 8 N–H and O–H groups in total. The van der Waals surface area contributed by atoms with Crippen LogP contribution in [0.5, 0.6) is 0 Å². The van der Waals surface area contributed by atoms with Gasteiger partial charge in [0.25, 0.3) is 5.91 Å². The quantitative estimate of drug-likeness (QED) is 0.0245. The number of likely N-dealkylation sites (tertiary alicyclic amines) is 1. The van der Waals surface area contributed by atoms with Gasteiger partial charge in [0.15, 0.2) is 32.9 Å². The highest BCUT2D eigenvalue weighted by Crippen LogP contribution is 2.37. The van der Waals surface area contributed by atoms with Crippen LogP contribution >= 0.6 is 35.3 Å². The molecule has 0 saturated carbocycles. The third-order valence-electron chi connectivity index (χ3n) is 18.0. The van der Waals surface area contributed by atoms with E-state index in [1.54, 1.807) is 30.5 Å². The number of aromatic amines is 3. The van der Waals surface area contributed by atoms with Crippen molar-refractivity contribution in [3.63, 3.8) is 0 Å². The van der Waals surface area contributed by atoms with Gasteiger partial charge in [0.2, 0.25) is 5.91 Å². The lowest BCUT2D eigenvalue weighted by Gasteiger charge is -2.47. The molecule has 0 aliphatic carbocycles. The number of rotatable bonds is 21. The minimum Gasteiger partial charge on any atom is -0.379 e. The van der Waals surface area contributed by atoms with E-state index in [1.165, 1.54) is 41.7 Å².